The van der Waals surface area contributed by atoms with E-state index in [1.165, 1.54) is 0 Å². The normalized spacial score (nSPS) is 10.5. The summed E-state index contributed by atoms with van der Waals surface area (Å²) >= 11 is 12.0. The SMILES string of the molecule is Cc1cc(C)c(NC(=O)c2cccc(Cl)c2)c(C)c1NC(=O)c1cccc(Cl)c1. The predicted molar refractivity (Wildman–Crippen MR) is 119 cm³/mol. The summed E-state index contributed by atoms with van der Waals surface area (Å²) in [4.78, 5) is 25.4. The smallest absolute Gasteiger partial charge is 0.255 e. The Balaban J connectivity index is 1.92. The summed E-state index contributed by atoms with van der Waals surface area (Å²) < 4.78 is 0. The maximum atomic E-state index is 12.7. The van der Waals surface area contributed by atoms with Crippen LogP contribution in [0.1, 0.15) is 37.4 Å². The molecule has 0 aliphatic carbocycles. The van der Waals surface area contributed by atoms with Gasteiger partial charge >= 0.3 is 0 Å². The van der Waals surface area contributed by atoms with Crippen molar-refractivity contribution < 1.29 is 9.59 Å². The minimum absolute atomic E-state index is 0.269. The first-order valence-corrected chi connectivity index (χ1v) is 9.76. The molecule has 0 saturated carbocycles. The largest absolute Gasteiger partial charge is 0.321 e. The maximum Gasteiger partial charge on any atom is 0.255 e. The van der Waals surface area contributed by atoms with Gasteiger partial charge in [-0.3, -0.25) is 9.59 Å². The summed E-state index contributed by atoms with van der Waals surface area (Å²) in [5, 5.41) is 6.86. The van der Waals surface area contributed by atoms with Crippen LogP contribution in [0.25, 0.3) is 0 Å². The van der Waals surface area contributed by atoms with Crippen LogP contribution in [0.5, 0.6) is 0 Å². The van der Waals surface area contributed by atoms with Crippen molar-refractivity contribution in [2.75, 3.05) is 10.6 Å². The minimum Gasteiger partial charge on any atom is -0.321 e. The molecule has 0 spiro atoms. The van der Waals surface area contributed by atoms with Gasteiger partial charge in [-0.05, 0) is 73.9 Å². The van der Waals surface area contributed by atoms with Gasteiger partial charge in [0.05, 0.1) is 0 Å². The first kappa shape index (κ1) is 20.9. The van der Waals surface area contributed by atoms with Gasteiger partial charge in [-0.2, -0.15) is 0 Å². The van der Waals surface area contributed by atoms with Crippen LogP contribution < -0.4 is 10.6 Å². The number of anilines is 2. The van der Waals surface area contributed by atoms with Crippen LogP contribution in [0.15, 0.2) is 54.6 Å². The molecule has 3 rings (SSSR count). The molecule has 0 bridgehead atoms. The Morgan fingerprint density at radius 2 is 1.10 bits per heavy atom. The van der Waals surface area contributed by atoms with E-state index in [1.54, 1.807) is 48.5 Å². The van der Waals surface area contributed by atoms with Gasteiger partial charge in [0.1, 0.15) is 0 Å². The molecule has 3 aromatic rings. The van der Waals surface area contributed by atoms with E-state index in [9.17, 15) is 9.59 Å². The maximum absolute atomic E-state index is 12.7. The Kier molecular flexibility index (Phi) is 6.26. The van der Waals surface area contributed by atoms with Crippen LogP contribution in [-0.2, 0) is 0 Å². The highest BCUT2D eigenvalue weighted by Crippen LogP contribution is 2.32. The Labute approximate surface area is 179 Å². The molecule has 4 nitrogen and oxygen atoms in total. The summed E-state index contributed by atoms with van der Waals surface area (Å²) in [5.41, 5.74) is 4.80. The van der Waals surface area contributed by atoms with Gasteiger partial charge in [0, 0.05) is 32.5 Å². The minimum atomic E-state index is -0.269. The van der Waals surface area contributed by atoms with Gasteiger partial charge in [0.2, 0.25) is 0 Å². The van der Waals surface area contributed by atoms with Gasteiger partial charge in [-0.15, -0.1) is 0 Å². The Morgan fingerprint density at radius 3 is 1.48 bits per heavy atom. The standard InChI is InChI=1S/C23H20Cl2N2O2/c1-13-10-14(2)21(27-23(29)17-7-5-9-19(25)12-17)15(3)20(13)26-22(28)16-6-4-8-18(24)11-16/h4-12H,1-3H3,(H,26,28)(H,27,29). The lowest BCUT2D eigenvalue weighted by Gasteiger charge is -2.19. The van der Waals surface area contributed by atoms with Gasteiger partial charge in [-0.25, -0.2) is 0 Å². The number of carbonyl (C=O) groups excluding carboxylic acids is 2. The molecule has 29 heavy (non-hydrogen) atoms. The highest BCUT2D eigenvalue weighted by Gasteiger charge is 2.17. The lowest BCUT2D eigenvalue weighted by molar-refractivity contribution is 0.101. The molecular formula is C23H20Cl2N2O2. The second-order valence-corrected chi connectivity index (χ2v) is 7.69. The Morgan fingerprint density at radius 1 is 0.690 bits per heavy atom. The molecule has 0 saturated heterocycles. The van der Waals surface area contributed by atoms with Crippen molar-refractivity contribution in [1.29, 1.82) is 0 Å². The molecule has 0 heterocycles. The molecule has 0 fully saturated rings. The molecule has 2 amide bonds. The molecule has 0 unspecified atom stereocenters. The number of hydrogen-bond acceptors (Lipinski definition) is 2. The molecule has 148 valence electrons. The van der Waals surface area contributed by atoms with Crippen molar-refractivity contribution in [2.24, 2.45) is 0 Å². The van der Waals surface area contributed by atoms with Crippen molar-refractivity contribution in [2.45, 2.75) is 20.8 Å². The highest BCUT2D eigenvalue weighted by molar-refractivity contribution is 6.31. The van der Waals surface area contributed by atoms with Gasteiger partial charge < -0.3 is 10.6 Å². The van der Waals surface area contributed by atoms with E-state index in [2.05, 4.69) is 10.6 Å². The number of benzene rings is 3. The van der Waals surface area contributed by atoms with Crippen molar-refractivity contribution >= 4 is 46.4 Å². The topological polar surface area (TPSA) is 58.2 Å². The van der Waals surface area contributed by atoms with Crippen LogP contribution >= 0.6 is 23.2 Å². The van der Waals surface area contributed by atoms with Gasteiger partial charge in [0.15, 0.2) is 0 Å². The molecular weight excluding hydrogens is 407 g/mol. The second-order valence-electron chi connectivity index (χ2n) is 6.81. The Bertz CT molecular complexity index is 1030. The molecule has 2 N–H and O–H groups in total. The second kappa shape index (κ2) is 8.68. The van der Waals surface area contributed by atoms with Crippen LogP contribution in [0.3, 0.4) is 0 Å². The van der Waals surface area contributed by atoms with Crippen LogP contribution in [0, 0.1) is 20.8 Å². The average Bonchev–Trinajstić information content (AvgIpc) is 2.68. The highest BCUT2D eigenvalue weighted by atomic mass is 35.5. The molecule has 6 heteroatoms. The monoisotopic (exact) mass is 426 g/mol. The third kappa shape index (κ3) is 4.78. The van der Waals surface area contributed by atoms with E-state index >= 15 is 0 Å². The summed E-state index contributed by atoms with van der Waals surface area (Å²) in [6, 6.07) is 15.4. The van der Waals surface area contributed by atoms with Crippen LogP contribution in [-0.4, -0.2) is 11.8 Å². The van der Waals surface area contributed by atoms with Crippen molar-refractivity contribution in [3.63, 3.8) is 0 Å². The summed E-state index contributed by atoms with van der Waals surface area (Å²) in [6.07, 6.45) is 0. The predicted octanol–water partition coefficient (Wildman–Crippen LogP) is 6.42. The van der Waals surface area contributed by atoms with Gasteiger partial charge in [-0.1, -0.05) is 41.4 Å². The summed E-state index contributed by atoms with van der Waals surface area (Å²) in [5.74, 6) is -0.538. The zero-order valence-corrected chi connectivity index (χ0v) is 17.8. The third-order valence-electron chi connectivity index (χ3n) is 4.62. The molecule has 3 aromatic carbocycles. The lowest BCUT2D eigenvalue weighted by Crippen LogP contribution is -2.17. The fourth-order valence-electron chi connectivity index (χ4n) is 3.20. The zero-order chi connectivity index (χ0) is 21.1. The number of halogens is 2. The number of hydrogen-bond donors (Lipinski definition) is 2. The number of carbonyl (C=O) groups is 2. The molecule has 0 atom stereocenters. The first-order chi connectivity index (χ1) is 13.8. The molecule has 0 radical (unpaired) electrons. The molecule has 0 aliphatic rings. The average molecular weight is 427 g/mol. The van der Waals surface area contributed by atoms with E-state index in [4.69, 9.17) is 23.2 Å². The lowest BCUT2D eigenvalue weighted by atomic mass is 10.0. The third-order valence-corrected chi connectivity index (χ3v) is 5.09. The zero-order valence-electron chi connectivity index (χ0n) is 16.3. The summed E-state index contributed by atoms with van der Waals surface area (Å²) in [7, 11) is 0. The van der Waals surface area contributed by atoms with Crippen molar-refractivity contribution in [1.82, 2.24) is 0 Å². The quantitative estimate of drug-likeness (QED) is 0.505. The number of aryl methyl sites for hydroxylation is 2. The first-order valence-electron chi connectivity index (χ1n) is 9.01. The van der Waals surface area contributed by atoms with E-state index in [0.29, 0.717) is 32.5 Å². The number of amides is 2. The van der Waals surface area contributed by atoms with Crippen LogP contribution in [0.4, 0.5) is 11.4 Å². The van der Waals surface area contributed by atoms with Crippen molar-refractivity contribution in [3.8, 4) is 0 Å². The molecule has 0 aromatic heterocycles. The van der Waals surface area contributed by atoms with Gasteiger partial charge in [0.25, 0.3) is 11.8 Å². The van der Waals surface area contributed by atoms with Crippen molar-refractivity contribution in [3.05, 3.63) is 92.5 Å². The number of nitrogens with one attached hydrogen (secondary N) is 2. The van der Waals surface area contributed by atoms with E-state index in [0.717, 1.165) is 16.7 Å². The molecule has 0 aliphatic heterocycles. The van der Waals surface area contributed by atoms with E-state index < -0.39 is 0 Å². The van der Waals surface area contributed by atoms with E-state index in [1.807, 2.05) is 26.8 Å². The Hall–Kier alpha value is -2.82. The fraction of sp³-hybridized carbons (Fsp3) is 0.130. The van der Waals surface area contributed by atoms with Crippen LogP contribution in [0.2, 0.25) is 10.0 Å². The number of rotatable bonds is 4. The summed E-state index contributed by atoms with van der Waals surface area (Å²) in [6.45, 7) is 5.69. The van der Waals surface area contributed by atoms with E-state index in [-0.39, 0.29) is 11.8 Å². The fourth-order valence-corrected chi connectivity index (χ4v) is 3.58.